The zero-order chi connectivity index (χ0) is 16.2. The highest BCUT2D eigenvalue weighted by molar-refractivity contribution is 5.16. The zero-order valence-electron chi connectivity index (χ0n) is 13.4. The molecule has 4 nitrogen and oxygen atoms in total. The molecule has 2 heterocycles. The monoisotopic (exact) mass is 318 g/mol. The minimum atomic E-state index is -0.578. The fourth-order valence-corrected chi connectivity index (χ4v) is 3.12. The molecule has 2 aromatic rings. The molecule has 1 aliphatic heterocycles. The van der Waals surface area contributed by atoms with E-state index in [0.29, 0.717) is 12.1 Å². The second-order valence-electron chi connectivity index (χ2n) is 6.06. The summed E-state index contributed by atoms with van der Waals surface area (Å²) in [6.45, 7) is 4.95. The van der Waals surface area contributed by atoms with E-state index < -0.39 is 6.10 Å². The van der Waals surface area contributed by atoms with E-state index in [9.17, 15) is 9.50 Å². The molecule has 0 amide bonds. The van der Waals surface area contributed by atoms with Crippen LogP contribution in [0.5, 0.6) is 0 Å². The third-order valence-corrected chi connectivity index (χ3v) is 4.44. The van der Waals surface area contributed by atoms with Gasteiger partial charge in [-0.1, -0.05) is 18.2 Å². The molecule has 124 valence electrons. The highest BCUT2D eigenvalue weighted by atomic mass is 19.1. The third-order valence-electron chi connectivity index (χ3n) is 4.44. The molecule has 0 fully saturated rings. The number of fused-ring (bicyclic) bond motifs is 1. The molecular weight excluding hydrogens is 295 g/mol. The normalized spacial score (nSPS) is 19.5. The summed E-state index contributed by atoms with van der Waals surface area (Å²) >= 11 is 0. The molecule has 1 aromatic carbocycles. The quantitative estimate of drug-likeness (QED) is 0.889. The number of benzene rings is 1. The second kappa shape index (κ2) is 7.25. The molecule has 1 N–H and O–H groups in total. The van der Waals surface area contributed by atoms with Crippen molar-refractivity contribution in [3.05, 3.63) is 59.7 Å². The first-order valence-corrected chi connectivity index (χ1v) is 8.03. The Hall–Kier alpha value is -1.69. The van der Waals surface area contributed by atoms with E-state index >= 15 is 0 Å². The number of rotatable bonds is 6. The molecule has 2 atom stereocenters. The van der Waals surface area contributed by atoms with Crippen molar-refractivity contribution in [1.82, 2.24) is 9.47 Å². The van der Waals surface area contributed by atoms with Gasteiger partial charge in [-0.3, -0.25) is 4.90 Å². The Morgan fingerprint density at radius 1 is 1.26 bits per heavy atom. The van der Waals surface area contributed by atoms with Crippen LogP contribution in [0.1, 0.15) is 24.2 Å². The van der Waals surface area contributed by atoms with Crippen LogP contribution in [0, 0.1) is 5.82 Å². The van der Waals surface area contributed by atoms with Crippen molar-refractivity contribution < 1.29 is 14.2 Å². The summed E-state index contributed by atoms with van der Waals surface area (Å²) < 4.78 is 21.2. The lowest BCUT2D eigenvalue weighted by Crippen LogP contribution is -2.42. The summed E-state index contributed by atoms with van der Waals surface area (Å²) in [5.41, 5.74) is 1.79. The lowest BCUT2D eigenvalue weighted by atomic mass is 10.1. The van der Waals surface area contributed by atoms with Crippen LogP contribution in [0.3, 0.4) is 0 Å². The molecule has 0 spiro atoms. The molecule has 0 unspecified atom stereocenters. The maximum absolute atomic E-state index is 13.5. The smallest absolute Gasteiger partial charge is 0.128 e. The van der Waals surface area contributed by atoms with Crippen LogP contribution in [0.2, 0.25) is 0 Å². The van der Waals surface area contributed by atoms with Crippen LogP contribution >= 0.6 is 0 Å². The van der Waals surface area contributed by atoms with Crippen LogP contribution in [0.4, 0.5) is 4.39 Å². The van der Waals surface area contributed by atoms with Gasteiger partial charge in [0.05, 0.1) is 19.3 Å². The second-order valence-corrected chi connectivity index (χ2v) is 6.06. The first-order valence-electron chi connectivity index (χ1n) is 8.03. The molecule has 0 saturated carbocycles. The topological polar surface area (TPSA) is 37.6 Å². The predicted molar refractivity (Wildman–Crippen MR) is 86.5 cm³/mol. The van der Waals surface area contributed by atoms with Gasteiger partial charge in [-0.25, -0.2) is 4.39 Å². The van der Waals surface area contributed by atoms with Gasteiger partial charge in [0.2, 0.25) is 0 Å². The van der Waals surface area contributed by atoms with Crippen molar-refractivity contribution >= 4 is 0 Å². The van der Waals surface area contributed by atoms with Gasteiger partial charge in [0.25, 0.3) is 0 Å². The Kier molecular flexibility index (Phi) is 5.10. The third kappa shape index (κ3) is 3.80. The summed E-state index contributed by atoms with van der Waals surface area (Å²) in [5.74, 6) is -0.271. The molecule has 0 bridgehead atoms. The summed E-state index contributed by atoms with van der Waals surface area (Å²) in [6, 6.07) is 11.0. The zero-order valence-corrected chi connectivity index (χ0v) is 13.4. The van der Waals surface area contributed by atoms with E-state index in [1.807, 2.05) is 0 Å². The van der Waals surface area contributed by atoms with E-state index in [1.165, 1.54) is 11.8 Å². The van der Waals surface area contributed by atoms with Gasteiger partial charge in [0, 0.05) is 43.1 Å². The number of ether oxygens (including phenoxy) is 1. The Bertz CT molecular complexity index is 643. The molecular formula is C18H23FN2O2. The highest BCUT2D eigenvalue weighted by Crippen LogP contribution is 2.25. The fraction of sp³-hybridized carbons (Fsp3) is 0.444. The maximum atomic E-state index is 13.5. The van der Waals surface area contributed by atoms with Gasteiger partial charge in [-0.05, 0) is 25.1 Å². The van der Waals surface area contributed by atoms with Crippen LogP contribution in [0.25, 0.3) is 0 Å². The van der Waals surface area contributed by atoms with E-state index in [-0.39, 0.29) is 25.1 Å². The van der Waals surface area contributed by atoms with Crippen molar-refractivity contribution in [2.45, 2.75) is 32.2 Å². The van der Waals surface area contributed by atoms with Crippen molar-refractivity contribution in [2.24, 2.45) is 0 Å². The van der Waals surface area contributed by atoms with Crippen molar-refractivity contribution in [3.8, 4) is 0 Å². The maximum Gasteiger partial charge on any atom is 0.128 e. The van der Waals surface area contributed by atoms with Crippen molar-refractivity contribution in [3.63, 3.8) is 0 Å². The minimum absolute atomic E-state index is 0.183. The Balaban J connectivity index is 1.47. The number of aliphatic hydroxyl groups excluding tert-OH is 1. The van der Waals surface area contributed by atoms with Crippen molar-refractivity contribution in [2.75, 3.05) is 19.7 Å². The summed E-state index contributed by atoms with van der Waals surface area (Å²) in [5, 5.41) is 10.2. The van der Waals surface area contributed by atoms with Crippen LogP contribution in [0.15, 0.2) is 42.6 Å². The number of nitrogens with zero attached hydrogens (tertiary/aromatic N) is 2. The lowest BCUT2D eigenvalue weighted by molar-refractivity contribution is -0.00145. The van der Waals surface area contributed by atoms with Crippen LogP contribution in [-0.4, -0.2) is 40.4 Å². The van der Waals surface area contributed by atoms with E-state index in [1.54, 1.807) is 18.2 Å². The predicted octanol–water partition coefficient (Wildman–Crippen LogP) is 2.58. The van der Waals surface area contributed by atoms with Crippen LogP contribution < -0.4 is 0 Å². The number of halogens is 1. The lowest BCUT2D eigenvalue weighted by Gasteiger charge is -2.36. The molecule has 23 heavy (non-hydrogen) atoms. The van der Waals surface area contributed by atoms with E-state index in [4.69, 9.17) is 4.74 Å². The molecule has 0 radical (unpaired) electrons. The molecule has 5 heteroatoms. The van der Waals surface area contributed by atoms with Gasteiger partial charge in [0.1, 0.15) is 5.82 Å². The number of aromatic nitrogens is 1. The molecule has 1 aromatic heterocycles. The number of β-amino-alcohol motifs (C(OH)–C–C–N with tert-alkyl or cyclic N) is 1. The van der Waals surface area contributed by atoms with Gasteiger partial charge in [-0.15, -0.1) is 0 Å². The molecule has 1 aliphatic rings. The first kappa shape index (κ1) is 16.2. The fourth-order valence-electron chi connectivity index (χ4n) is 3.12. The average molecular weight is 318 g/mol. The van der Waals surface area contributed by atoms with Gasteiger partial charge < -0.3 is 14.4 Å². The average Bonchev–Trinajstić information content (AvgIpc) is 3.01. The largest absolute Gasteiger partial charge is 0.389 e. The summed E-state index contributed by atoms with van der Waals surface area (Å²) in [4.78, 5) is 2.26. The minimum Gasteiger partial charge on any atom is -0.389 e. The SMILES string of the molecule is C[C@H]1c2cccn2CCN1C[C@@H](O)COCc1ccccc1F. The standard InChI is InChI=1S/C18H23FN2O2/c1-14-18-7-4-8-20(18)9-10-21(14)11-16(22)13-23-12-15-5-2-3-6-17(15)19/h2-8,14,16,22H,9-13H2,1H3/t14-,16+/m0/s1. The highest BCUT2D eigenvalue weighted by Gasteiger charge is 2.25. The first-order chi connectivity index (χ1) is 11.1. The number of hydrogen-bond donors (Lipinski definition) is 1. The van der Waals surface area contributed by atoms with Crippen LogP contribution in [-0.2, 0) is 17.9 Å². The van der Waals surface area contributed by atoms with Gasteiger partial charge in [-0.2, -0.15) is 0 Å². The van der Waals surface area contributed by atoms with E-state index in [0.717, 1.165) is 13.1 Å². The van der Waals surface area contributed by atoms with Gasteiger partial charge in [0.15, 0.2) is 0 Å². The summed E-state index contributed by atoms with van der Waals surface area (Å²) in [7, 11) is 0. The molecule has 3 rings (SSSR count). The van der Waals surface area contributed by atoms with Crippen molar-refractivity contribution in [1.29, 1.82) is 0 Å². The van der Waals surface area contributed by atoms with E-state index in [2.05, 4.69) is 34.7 Å². The Morgan fingerprint density at radius 3 is 2.91 bits per heavy atom. The van der Waals surface area contributed by atoms with Gasteiger partial charge >= 0.3 is 0 Å². The Morgan fingerprint density at radius 2 is 2.09 bits per heavy atom. The number of aliphatic hydroxyl groups is 1. The Labute approximate surface area is 136 Å². The molecule has 0 aliphatic carbocycles. The number of hydrogen-bond acceptors (Lipinski definition) is 3. The summed E-state index contributed by atoms with van der Waals surface area (Å²) in [6.07, 6.45) is 1.52. The molecule has 0 saturated heterocycles.